The molecule has 1 aromatic rings. The topological polar surface area (TPSA) is 38.3 Å². The zero-order chi connectivity index (χ0) is 13.2. The minimum atomic E-state index is -0.0994. The van der Waals surface area contributed by atoms with Crippen molar-refractivity contribution in [3.05, 3.63) is 29.3 Å². The quantitative estimate of drug-likeness (QED) is 0.828. The van der Waals surface area contributed by atoms with Gasteiger partial charge in [-0.05, 0) is 44.4 Å². The summed E-state index contributed by atoms with van der Waals surface area (Å²) in [6.45, 7) is 2.07. The van der Waals surface area contributed by atoms with Crippen LogP contribution >= 0.6 is 0 Å². The minimum Gasteiger partial charge on any atom is -0.496 e. The standard InChI is InChI=1S/C15H17NO2/c1-4-11-6-7-12(13(10-11)18-3)14(17)16-15(2)8-5-9-15/h1,6-7,10H,5,8-9H2,2-3H3,(H,16,17). The summed E-state index contributed by atoms with van der Waals surface area (Å²) in [6, 6.07) is 5.17. The molecule has 0 atom stereocenters. The third-order valence-corrected chi connectivity index (χ3v) is 3.49. The Balaban J connectivity index is 2.22. The number of hydrogen-bond donors (Lipinski definition) is 1. The first-order valence-corrected chi connectivity index (χ1v) is 6.05. The molecule has 18 heavy (non-hydrogen) atoms. The second kappa shape index (κ2) is 4.73. The monoisotopic (exact) mass is 243 g/mol. The molecule has 1 aliphatic carbocycles. The Labute approximate surface area is 108 Å². The fraction of sp³-hybridized carbons (Fsp3) is 0.400. The van der Waals surface area contributed by atoms with Gasteiger partial charge in [-0.2, -0.15) is 0 Å². The van der Waals surface area contributed by atoms with Crippen LogP contribution < -0.4 is 10.1 Å². The molecule has 0 unspecified atom stereocenters. The molecule has 1 saturated carbocycles. The molecule has 3 nitrogen and oxygen atoms in total. The molecule has 1 aromatic carbocycles. The zero-order valence-corrected chi connectivity index (χ0v) is 10.7. The number of rotatable bonds is 3. The van der Waals surface area contributed by atoms with E-state index >= 15 is 0 Å². The van der Waals surface area contributed by atoms with Crippen LogP contribution in [0.2, 0.25) is 0 Å². The Bertz CT molecular complexity index is 510. The lowest BCUT2D eigenvalue weighted by Gasteiger charge is -2.39. The number of methoxy groups -OCH3 is 1. The summed E-state index contributed by atoms with van der Waals surface area (Å²) in [5.74, 6) is 2.95. The largest absolute Gasteiger partial charge is 0.496 e. The van der Waals surface area contributed by atoms with E-state index in [1.54, 1.807) is 18.2 Å². The highest BCUT2D eigenvalue weighted by atomic mass is 16.5. The molecule has 94 valence electrons. The molecule has 0 spiro atoms. The van der Waals surface area contributed by atoms with Crippen LogP contribution in [0.3, 0.4) is 0 Å². The molecule has 0 aliphatic heterocycles. The minimum absolute atomic E-state index is 0.0626. The zero-order valence-electron chi connectivity index (χ0n) is 10.7. The number of carbonyl (C=O) groups is 1. The van der Waals surface area contributed by atoms with E-state index < -0.39 is 0 Å². The van der Waals surface area contributed by atoms with Crippen LogP contribution in [0.25, 0.3) is 0 Å². The number of benzene rings is 1. The van der Waals surface area contributed by atoms with Crippen LogP contribution in [0, 0.1) is 12.3 Å². The maximum Gasteiger partial charge on any atom is 0.255 e. The third kappa shape index (κ3) is 2.33. The molecular weight excluding hydrogens is 226 g/mol. The Hall–Kier alpha value is -1.95. The van der Waals surface area contributed by atoms with E-state index in [0.29, 0.717) is 16.9 Å². The van der Waals surface area contributed by atoms with E-state index in [1.165, 1.54) is 13.5 Å². The smallest absolute Gasteiger partial charge is 0.255 e. The summed E-state index contributed by atoms with van der Waals surface area (Å²) in [5.41, 5.74) is 1.18. The van der Waals surface area contributed by atoms with Crippen LogP contribution in [-0.2, 0) is 0 Å². The van der Waals surface area contributed by atoms with E-state index in [4.69, 9.17) is 11.2 Å². The van der Waals surface area contributed by atoms with E-state index in [1.807, 2.05) is 0 Å². The summed E-state index contributed by atoms with van der Waals surface area (Å²) in [5, 5.41) is 3.05. The van der Waals surface area contributed by atoms with Gasteiger partial charge in [0.05, 0.1) is 12.7 Å². The Morgan fingerprint density at radius 2 is 2.22 bits per heavy atom. The summed E-state index contributed by atoms with van der Waals surface area (Å²) >= 11 is 0. The Morgan fingerprint density at radius 1 is 1.50 bits per heavy atom. The molecular formula is C15H17NO2. The van der Waals surface area contributed by atoms with Crippen molar-refractivity contribution in [3.63, 3.8) is 0 Å². The van der Waals surface area contributed by atoms with Crippen LogP contribution in [0.1, 0.15) is 42.1 Å². The highest BCUT2D eigenvalue weighted by Crippen LogP contribution is 2.32. The fourth-order valence-corrected chi connectivity index (χ4v) is 2.14. The summed E-state index contributed by atoms with van der Waals surface area (Å²) < 4.78 is 5.22. The molecule has 2 rings (SSSR count). The molecule has 1 fully saturated rings. The van der Waals surface area contributed by atoms with Crippen LogP contribution in [0.4, 0.5) is 0 Å². The van der Waals surface area contributed by atoms with Crippen LogP contribution in [0.5, 0.6) is 5.75 Å². The predicted molar refractivity (Wildman–Crippen MR) is 70.7 cm³/mol. The number of terminal acetylenes is 1. The van der Waals surface area contributed by atoms with Gasteiger partial charge in [0.25, 0.3) is 5.91 Å². The number of hydrogen-bond acceptors (Lipinski definition) is 2. The van der Waals surface area contributed by atoms with E-state index in [2.05, 4.69) is 18.2 Å². The maximum absolute atomic E-state index is 12.2. The molecule has 0 bridgehead atoms. The molecule has 0 aromatic heterocycles. The SMILES string of the molecule is C#Cc1ccc(C(=O)NC2(C)CCC2)c(OC)c1. The summed E-state index contributed by atoms with van der Waals surface area (Å²) in [7, 11) is 1.54. The molecule has 1 aliphatic rings. The Kier molecular flexibility index (Phi) is 3.29. The first-order valence-electron chi connectivity index (χ1n) is 6.05. The van der Waals surface area contributed by atoms with Crippen molar-refractivity contribution in [2.75, 3.05) is 7.11 Å². The molecule has 3 heteroatoms. The first kappa shape index (κ1) is 12.5. The van der Waals surface area contributed by atoms with E-state index in [0.717, 1.165) is 12.8 Å². The summed E-state index contributed by atoms with van der Waals surface area (Å²) in [6.07, 6.45) is 8.56. The maximum atomic E-state index is 12.2. The average molecular weight is 243 g/mol. The normalized spacial score (nSPS) is 16.3. The molecule has 0 radical (unpaired) electrons. The highest BCUT2D eigenvalue weighted by Gasteiger charge is 2.33. The second-order valence-corrected chi connectivity index (χ2v) is 4.93. The van der Waals surface area contributed by atoms with E-state index in [9.17, 15) is 4.79 Å². The van der Waals surface area contributed by atoms with Crippen LogP contribution in [0.15, 0.2) is 18.2 Å². The number of amides is 1. The van der Waals surface area contributed by atoms with Gasteiger partial charge < -0.3 is 10.1 Å². The van der Waals surface area contributed by atoms with Crippen molar-refractivity contribution in [3.8, 4) is 18.1 Å². The van der Waals surface area contributed by atoms with Gasteiger partial charge in [0.15, 0.2) is 0 Å². The number of ether oxygens (including phenoxy) is 1. The van der Waals surface area contributed by atoms with Gasteiger partial charge in [0.2, 0.25) is 0 Å². The van der Waals surface area contributed by atoms with Gasteiger partial charge in [-0.3, -0.25) is 4.79 Å². The third-order valence-electron chi connectivity index (χ3n) is 3.49. The van der Waals surface area contributed by atoms with Gasteiger partial charge >= 0.3 is 0 Å². The predicted octanol–water partition coefficient (Wildman–Crippen LogP) is 2.35. The number of carbonyl (C=O) groups excluding carboxylic acids is 1. The molecule has 1 N–H and O–H groups in total. The lowest BCUT2D eigenvalue weighted by molar-refractivity contribution is 0.0847. The Morgan fingerprint density at radius 3 is 2.72 bits per heavy atom. The van der Waals surface area contributed by atoms with Gasteiger partial charge in [-0.25, -0.2) is 0 Å². The molecule has 0 saturated heterocycles. The second-order valence-electron chi connectivity index (χ2n) is 4.93. The molecule has 1 amide bonds. The fourth-order valence-electron chi connectivity index (χ4n) is 2.14. The summed E-state index contributed by atoms with van der Waals surface area (Å²) in [4.78, 5) is 12.2. The van der Waals surface area contributed by atoms with Crippen molar-refractivity contribution in [1.29, 1.82) is 0 Å². The van der Waals surface area contributed by atoms with E-state index in [-0.39, 0.29) is 11.4 Å². The lowest BCUT2D eigenvalue weighted by atomic mass is 9.78. The highest BCUT2D eigenvalue weighted by molar-refractivity contribution is 5.97. The lowest BCUT2D eigenvalue weighted by Crippen LogP contribution is -2.50. The van der Waals surface area contributed by atoms with Crippen molar-refractivity contribution in [2.45, 2.75) is 31.7 Å². The van der Waals surface area contributed by atoms with Crippen LogP contribution in [-0.4, -0.2) is 18.6 Å². The van der Waals surface area contributed by atoms with Gasteiger partial charge in [-0.1, -0.05) is 5.92 Å². The number of nitrogens with one attached hydrogen (secondary N) is 1. The van der Waals surface area contributed by atoms with Gasteiger partial charge in [0, 0.05) is 11.1 Å². The molecule has 0 heterocycles. The first-order chi connectivity index (χ1) is 8.58. The van der Waals surface area contributed by atoms with Crippen molar-refractivity contribution >= 4 is 5.91 Å². The van der Waals surface area contributed by atoms with Crippen molar-refractivity contribution in [2.24, 2.45) is 0 Å². The van der Waals surface area contributed by atoms with Gasteiger partial charge in [0.1, 0.15) is 5.75 Å². The average Bonchev–Trinajstić information content (AvgIpc) is 2.35. The van der Waals surface area contributed by atoms with Gasteiger partial charge in [-0.15, -0.1) is 6.42 Å². The van der Waals surface area contributed by atoms with Crippen molar-refractivity contribution in [1.82, 2.24) is 5.32 Å². The van der Waals surface area contributed by atoms with Crippen molar-refractivity contribution < 1.29 is 9.53 Å².